The Morgan fingerprint density at radius 3 is 2.37 bits per heavy atom. The van der Waals surface area contributed by atoms with E-state index in [1.54, 1.807) is 0 Å². The van der Waals surface area contributed by atoms with Crippen LogP contribution in [0.15, 0.2) is 24.3 Å². The van der Waals surface area contributed by atoms with Crippen LogP contribution in [0.1, 0.15) is 51.1 Å². The zero-order valence-electron chi connectivity index (χ0n) is 11.9. The number of hydrogen-bond acceptors (Lipinski definition) is 3. The van der Waals surface area contributed by atoms with Crippen molar-refractivity contribution in [3.8, 4) is 5.75 Å². The second-order valence-electron chi connectivity index (χ2n) is 5.62. The zero-order valence-corrected chi connectivity index (χ0v) is 11.9. The van der Waals surface area contributed by atoms with Gasteiger partial charge in [0.1, 0.15) is 5.75 Å². The molecular formula is C16H25NO2. The van der Waals surface area contributed by atoms with Gasteiger partial charge in [-0.1, -0.05) is 25.0 Å². The molecule has 2 rings (SSSR count). The highest BCUT2D eigenvalue weighted by atomic mass is 16.5. The van der Waals surface area contributed by atoms with Crippen molar-refractivity contribution >= 4 is 0 Å². The van der Waals surface area contributed by atoms with Crippen LogP contribution in [0.5, 0.6) is 5.75 Å². The molecule has 1 atom stereocenters. The summed E-state index contributed by atoms with van der Waals surface area (Å²) in [5, 5.41) is 13.1. The number of aliphatic hydroxyl groups excluding tert-OH is 1. The molecule has 106 valence electrons. The van der Waals surface area contributed by atoms with Crippen molar-refractivity contribution in [2.45, 2.75) is 57.7 Å². The van der Waals surface area contributed by atoms with Gasteiger partial charge >= 0.3 is 0 Å². The second kappa shape index (κ2) is 6.92. The summed E-state index contributed by atoms with van der Waals surface area (Å²) in [7, 11) is 0. The second-order valence-corrected chi connectivity index (χ2v) is 5.62. The van der Waals surface area contributed by atoms with E-state index in [4.69, 9.17) is 4.74 Å². The topological polar surface area (TPSA) is 41.5 Å². The van der Waals surface area contributed by atoms with Crippen molar-refractivity contribution in [2.75, 3.05) is 6.61 Å². The zero-order chi connectivity index (χ0) is 13.7. The third-order valence-electron chi connectivity index (χ3n) is 3.63. The van der Waals surface area contributed by atoms with Crippen molar-refractivity contribution < 1.29 is 9.84 Å². The summed E-state index contributed by atoms with van der Waals surface area (Å²) in [5.74, 6) is 0.885. The minimum atomic E-state index is 0.0381. The van der Waals surface area contributed by atoms with Crippen molar-refractivity contribution in [3.63, 3.8) is 0 Å². The fourth-order valence-corrected chi connectivity index (χ4v) is 2.68. The first-order valence-corrected chi connectivity index (χ1v) is 7.32. The van der Waals surface area contributed by atoms with E-state index in [-0.39, 0.29) is 18.8 Å². The van der Waals surface area contributed by atoms with E-state index in [1.165, 1.54) is 25.7 Å². The van der Waals surface area contributed by atoms with E-state index < -0.39 is 0 Å². The molecule has 3 nitrogen and oxygen atoms in total. The third-order valence-corrected chi connectivity index (χ3v) is 3.63. The van der Waals surface area contributed by atoms with Crippen molar-refractivity contribution in [1.29, 1.82) is 0 Å². The van der Waals surface area contributed by atoms with Gasteiger partial charge in [0.25, 0.3) is 0 Å². The first kappa shape index (κ1) is 14.4. The molecule has 19 heavy (non-hydrogen) atoms. The van der Waals surface area contributed by atoms with Crippen LogP contribution in [0.25, 0.3) is 0 Å². The standard InChI is InChI=1S/C16H25NO2/c1-12(2)19-15-9-7-13(8-10-15)16(11-18)17-14-5-3-4-6-14/h7-10,12,14,16-18H,3-6,11H2,1-2H3. The van der Waals surface area contributed by atoms with Crippen LogP contribution in [-0.2, 0) is 0 Å². The molecule has 0 heterocycles. The molecule has 0 aromatic heterocycles. The van der Waals surface area contributed by atoms with Gasteiger partial charge in [-0.15, -0.1) is 0 Å². The largest absolute Gasteiger partial charge is 0.491 e. The molecule has 0 bridgehead atoms. The first-order chi connectivity index (χ1) is 9.19. The number of hydrogen-bond donors (Lipinski definition) is 2. The number of benzene rings is 1. The monoisotopic (exact) mass is 263 g/mol. The van der Waals surface area contributed by atoms with E-state index in [9.17, 15) is 5.11 Å². The van der Waals surface area contributed by atoms with Crippen LogP contribution >= 0.6 is 0 Å². The lowest BCUT2D eigenvalue weighted by Gasteiger charge is -2.22. The lowest BCUT2D eigenvalue weighted by Crippen LogP contribution is -2.32. The van der Waals surface area contributed by atoms with Crippen molar-refractivity contribution in [2.24, 2.45) is 0 Å². The van der Waals surface area contributed by atoms with E-state index in [0.717, 1.165) is 11.3 Å². The maximum atomic E-state index is 9.56. The van der Waals surface area contributed by atoms with Crippen molar-refractivity contribution in [1.82, 2.24) is 5.32 Å². The van der Waals surface area contributed by atoms with E-state index in [2.05, 4.69) is 5.32 Å². The first-order valence-electron chi connectivity index (χ1n) is 7.32. The quantitative estimate of drug-likeness (QED) is 0.829. The third kappa shape index (κ3) is 4.22. The molecule has 0 aliphatic heterocycles. The summed E-state index contributed by atoms with van der Waals surface area (Å²) >= 11 is 0. The van der Waals surface area contributed by atoms with Gasteiger partial charge < -0.3 is 15.2 Å². The summed E-state index contributed by atoms with van der Waals surface area (Å²) in [4.78, 5) is 0. The molecule has 3 heteroatoms. The molecule has 1 fully saturated rings. The smallest absolute Gasteiger partial charge is 0.119 e. The maximum absolute atomic E-state index is 9.56. The van der Waals surface area contributed by atoms with Gasteiger partial charge in [0, 0.05) is 6.04 Å². The van der Waals surface area contributed by atoms with Gasteiger partial charge in [0.05, 0.1) is 18.8 Å². The number of ether oxygens (including phenoxy) is 1. The molecule has 1 aliphatic rings. The molecular weight excluding hydrogens is 238 g/mol. The van der Waals surface area contributed by atoms with E-state index in [1.807, 2.05) is 38.1 Å². The molecule has 2 N–H and O–H groups in total. The average Bonchev–Trinajstić information content (AvgIpc) is 2.89. The Balaban J connectivity index is 1.97. The van der Waals surface area contributed by atoms with Gasteiger partial charge in [-0.3, -0.25) is 0 Å². The van der Waals surface area contributed by atoms with Gasteiger partial charge in [-0.25, -0.2) is 0 Å². The molecule has 0 saturated heterocycles. The lowest BCUT2D eigenvalue weighted by molar-refractivity contribution is 0.231. The Morgan fingerprint density at radius 1 is 1.21 bits per heavy atom. The molecule has 1 aliphatic carbocycles. The van der Waals surface area contributed by atoms with Crippen LogP contribution in [-0.4, -0.2) is 23.9 Å². The van der Waals surface area contributed by atoms with Gasteiger partial charge in [-0.05, 0) is 44.4 Å². The fraction of sp³-hybridized carbons (Fsp3) is 0.625. The van der Waals surface area contributed by atoms with Gasteiger partial charge in [-0.2, -0.15) is 0 Å². The molecule has 0 radical (unpaired) electrons. The highest BCUT2D eigenvalue weighted by Crippen LogP contribution is 2.23. The minimum absolute atomic E-state index is 0.0381. The molecule has 1 unspecified atom stereocenters. The minimum Gasteiger partial charge on any atom is -0.491 e. The summed E-state index contributed by atoms with van der Waals surface area (Å²) in [6, 6.07) is 8.64. The Labute approximate surface area is 116 Å². The lowest BCUT2D eigenvalue weighted by atomic mass is 10.1. The number of rotatable bonds is 6. The Morgan fingerprint density at radius 2 is 1.84 bits per heavy atom. The van der Waals surface area contributed by atoms with Crippen LogP contribution in [0, 0.1) is 0 Å². The van der Waals surface area contributed by atoms with Crippen LogP contribution in [0.3, 0.4) is 0 Å². The Bertz CT molecular complexity index is 369. The van der Waals surface area contributed by atoms with Crippen LogP contribution in [0.4, 0.5) is 0 Å². The van der Waals surface area contributed by atoms with E-state index >= 15 is 0 Å². The Kier molecular flexibility index (Phi) is 5.23. The summed E-state index contributed by atoms with van der Waals surface area (Å²) in [5.41, 5.74) is 1.13. The van der Waals surface area contributed by atoms with E-state index in [0.29, 0.717) is 6.04 Å². The maximum Gasteiger partial charge on any atom is 0.119 e. The molecule has 1 aromatic carbocycles. The normalized spacial score (nSPS) is 17.9. The van der Waals surface area contributed by atoms with Gasteiger partial charge in [0.2, 0.25) is 0 Å². The fourth-order valence-electron chi connectivity index (χ4n) is 2.68. The molecule has 1 saturated carbocycles. The highest BCUT2D eigenvalue weighted by molar-refractivity contribution is 5.29. The predicted octanol–water partition coefficient (Wildman–Crippen LogP) is 3.04. The summed E-state index contributed by atoms with van der Waals surface area (Å²) in [6.45, 7) is 4.18. The molecule has 0 spiro atoms. The van der Waals surface area contributed by atoms with Crippen LogP contribution < -0.4 is 10.1 Å². The van der Waals surface area contributed by atoms with Crippen molar-refractivity contribution in [3.05, 3.63) is 29.8 Å². The number of aliphatic hydroxyl groups is 1. The summed E-state index contributed by atoms with van der Waals surface area (Å²) in [6.07, 6.45) is 5.25. The summed E-state index contributed by atoms with van der Waals surface area (Å²) < 4.78 is 5.63. The Hall–Kier alpha value is -1.06. The van der Waals surface area contributed by atoms with Crippen LogP contribution in [0.2, 0.25) is 0 Å². The highest BCUT2D eigenvalue weighted by Gasteiger charge is 2.19. The SMILES string of the molecule is CC(C)Oc1ccc(C(CO)NC2CCCC2)cc1. The van der Waals surface area contributed by atoms with Gasteiger partial charge in [0.15, 0.2) is 0 Å². The molecule has 0 amide bonds. The average molecular weight is 263 g/mol. The number of nitrogens with one attached hydrogen (secondary N) is 1. The molecule has 1 aromatic rings. The predicted molar refractivity (Wildman–Crippen MR) is 77.4 cm³/mol.